The molecule has 0 radical (unpaired) electrons. The van der Waals surface area contributed by atoms with Crippen LogP contribution in [0.15, 0.2) is 113 Å². The summed E-state index contributed by atoms with van der Waals surface area (Å²) >= 11 is 1.91. The van der Waals surface area contributed by atoms with E-state index in [0.29, 0.717) is 23.8 Å². The van der Waals surface area contributed by atoms with Crippen LogP contribution in [0.4, 0.5) is 5.88 Å². The number of oxazole rings is 1. The maximum absolute atomic E-state index is 7.20. The van der Waals surface area contributed by atoms with Crippen molar-refractivity contribution in [3.8, 4) is 0 Å². The van der Waals surface area contributed by atoms with Crippen molar-refractivity contribution in [1.82, 2.24) is 19.7 Å². The topological polar surface area (TPSA) is 39.0 Å². The van der Waals surface area contributed by atoms with Crippen LogP contribution in [0.2, 0.25) is 0 Å². The van der Waals surface area contributed by atoms with E-state index in [4.69, 9.17) is 9.40 Å². The zero-order chi connectivity index (χ0) is 36.7. The molecule has 0 amide bonds. The van der Waals surface area contributed by atoms with Crippen molar-refractivity contribution in [2.45, 2.75) is 70.0 Å². The SMILES string of the molecule is CN(C)C(c1cccs1)C1CCC(C(c2nc(Cc3ccccc3)c(N3CCC(Cc4ccccc4)CC3)o2)N2CCN(Cc3ccccc3)CC2)CC1. The van der Waals surface area contributed by atoms with Gasteiger partial charge in [-0.25, -0.2) is 4.98 Å². The monoisotopic (exact) mass is 741 g/mol. The predicted octanol–water partition coefficient (Wildman–Crippen LogP) is 9.75. The molecule has 2 unspecified atom stereocenters. The first-order chi connectivity index (χ1) is 26.6. The number of thiophene rings is 1. The molecule has 0 N–H and O–H groups in total. The number of hydrogen-bond donors (Lipinski definition) is 0. The Morgan fingerprint density at radius 3 is 1.91 bits per heavy atom. The average Bonchev–Trinajstić information content (AvgIpc) is 3.89. The van der Waals surface area contributed by atoms with Gasteiger partial charge >= 0.3 is 0 Å². The lowest BCUT2D eigenvalue weighted by molar-refractivity contribution is 0.0304. The summed E-state index contributed by atoms with van der Waals surface area (Å²) in [5, 5.41) is 2.24. The second kappa shape index (κ2) is 17.8. The van der Waals surface area contributed by atoms with Crippen LogP contribution in [0.1, 0.15) is 83.8 Å². The Balaban J connectivity index is 1.05. The minimum atomic E-state index is 0.197. The third kappa shape index (κ3) is 9.03. The molecular formula is C47H59N5OS. The van der Waals surface area contributed by atoms with Gasteiger partial charge in [-0.05, 0) is 105 Å². The molecule has 8 rings (SSSR count). The number of rotatable bonds is 13. The Morgan fingerprint density at radius 2 is 1.30 bits per heavy atom. The molecule has 5 aromatic rings. The normalized spacial score (nSPS) is 21.7. The van der Waals surface area contributed by atoms with Crippen molar-refractivity contribution in [3.05, 3.63) is 142 Å². The Hall–Kier alpha value is -3.75. The van der Waals surface area contributed by atoms with Crippen LogP contribution in [0.25, 0.3) is 0 Å². The lowest BCUT2D eigenvalue weighted by Crippen LogP contribution is -2.49. The zero-order valence-corrected chi connectivity index (χ0v) is 33.3. The summed E-state index contributed by atoms with van der Waals surface area (Å²) in [7, 11) is 4.53. The molecule has 2 atom stereocenters. The lowest BCUT2D eigenvalue weighted by Gasteiger charge is -2.44. The molecule has 3 aliphatic rings. The third-order valence-corrected chi connectivity index (χ3v) is 13.5. The van der Waals surface area contributed by atoms with Gasteiger partial charge in [-0.2, -0.15) is 0 Å². The molecule has 2 saturated heterocycles. The summed E-state index contributed by atoms with van der Waals surface area (Å²) < 4.78 is 7.20. The van der Waals surface area contributed by atoms with E-state index in [1.165, 1.54) is 60.1 Å². The molecule has 1 aliphatic carbocycles. The summed E-state index contributed by atoms with van der Waals surface area (Å²) in [6.45, 7) is 7.30. The van der Waals surface area contributed by atoms with E-state index < -0.39 is 0 Å². The maximum atomic E-state index is 7.20. The van der Waals surface area contributed by atoms with Crippen molar-refractivity contribution in [2.24, 2.45) is 17.8 Å². The van der Waals surface area contributed by atoms with Gasteiger partial charge in [0.1, 0.15) is 5.69 Å². The van der Waals surface area contributed by atoms with Gasteiger partial charge in [0.2, 0.25) is 11.8 Å². The zero-order valence-electron chi connectivity index (χ0n) is 32.4. The molecule has 4 heterocycles. The van der Waals surface area contributed by atoms with E-state index in [1.54, 1.807) is 0 Å². The second-order valence-electron chi connectivity index (χ2n) is 16.4. The fourth-order valence-electron chi connectivity index (χ4n) is 9.77. The largest absolute Gasteiger partial charge is 0.423 e. The fourth-order valence-corrected chi connectivity index (χ4v) is 10.8. The van der Waals surface area contributed by atoms with E-state index in [1.807, 2.05) is 11.3 Å². The van der Waals surface area contributed by atoms with Gasteiger partial charge in [-0.15, -0.1) is 11.3 Å². The Labute approximate surface area is 327 Å². The average molecular weight is 742 g/mol. The van der Waals surface area contributed by atoms with Crippen LogP contribution in [0, 0.1) is 17.8 Å². The fraction of sp³-hybridized carbons (Fsp3) is 0.468. The minimum absolute atomic E-state index is 0.197. The molecule has 3 fully saturated rings. The van der Waals surface area contributed by atoms with E-state index in [0.717, 1.165) is 76.1 Å². The van der Waals surface area contributed by atoms with Crippen LogP contribution in [0.3, 0.4) is 0 Å². The quantitative estimate of drug-likeness (QED) is 0.120. The third-order valence-electron chi connectivity index (χ3n) is 12.6. The van der Waals surface area contributed by atoms with Crippen LogP contribution in [-0.2, 0) is 19.4 Å². The number of aromatic nitrogens is 1. The standard InChI is InChI=1S/C47H59N5OS/c1-49(2)44(43-19-12-32-54-43)40-20-22-41(23-21-40)45(51-30-28-50(29-31-51)35-39-17-10-5-11-18-39)46-48-42(34-37-15-8-4-9-16-37)47(53-46)52-26-24-38(25-27-52)33-36-13-6-3-7-14-36/h3-19,32,38,40-41,44-45H,20-31,33-35H2,1-2H3. The molecule has 284 valence electrons. The molecule has 6 nitrogen and oxygen atoms in total. The van der Waals surface area contributed by atoms with Crippen LogP contribution in [0.5, 0.6) is 0 Å². The van der Waals surface area contributed by atoms with E-state index in [2.05, 4.69) is 142 Å². The smallest absolute Gasteiger partial charge is 0.219 e. The molecule has 1 saturated carbocycles. The highest BCUT2D eigenvalue weighted by Gasteiger charge is 2.40. The number of anilines is 1. The van der Waals surface area contributed by atoms with Crippen molar-refractivity contribution in [1.29, 1.82) is 0 Å². The first kappa shape index (κ1) is 37.2. The van der Waals surface area contributed by atoms with Crippen molar-refractivity contribution < 1.29 is 4.42 Å². The number of piperazine rings is 1. The number of hydrogen-bond acceptors (Lipinski definition) is 7. The predicted molar refractivity (Wildman–Crippen MR) is 223 cm³/mol. The molecule has 3 aromatic carbocycles. The Bertz CT molecular complexity index is 1820. The summed E-state index contributed by atoms with van der Waals surface area (Å²) in [4.78, 5) is 17.4. The second-order valence-corrected chi connectivity index (χ2v) is 17.4. The van der Waals surface area contributed by atoms with Gasteiger partial charge in [0, 0.05) is 63.2 Å². The molecular weight excluding hydrogens is 683 g/mol. The summed E-state index contributed by atoms with van der Waals surface area (Å²) in [5.74, 6) is 3.90. The molecule has 2 aromatic heterocycles. The van der Waals surface area contributed by atoms with Gasteiger partial charge in [0.05, 0.1) is 6.04 Å². The van der Waals surface area contributed by atoms with Gasteiger partial charge in [-0.1, -0.05) is 97.1 Å². The number of piperidine rings is 1. The molecule has 7 heteroatoms. The van der Waals surface area contributed by atoms with Gasteiger partial charge in [0.15, 0.2) is 0 Å². The van der Waals surface area contributed by atoms with E-state index in [-0.39, 0.29) is 6.04 Å². The minimum Gasteiger partial charge on any atom is -0.423 e. The highest BCUT2D eigenvalue weighted by atomic mass is 32.1. The van der Waals surface area contributed by atoms with Gasteiger partial charge < -0.3 is 14.2 Å². The highest BCUT2D eigenvalue weighted by Crippen LogP contribution is 2.46. The van der Waals surface area contributed by atoms with Crippen LogP contribution in [-0.4, -0.2) is 73.0 Å². The lowest BCUT2D eigenvalue weighted by atomic mass is 9.74. The van der Waals surface area contributed by atoms with Gasteiger partial charge in [0.25, 0.3) is 0 Å². The van der Waals surface area contributed by atoms with Crippen molar-refractivity contribution in [2.75, 3.05) is 58.3 Å². The molecule has 54 heavy (non-hydrogen) atoms. The molecule has 0 bridgehead atoms. The van der Waals surface area contributed by atoms with Gasteiger partial charge in [-0.3, -0.25) is 9.80 Å². The van der Waals surface area contributed by atoms with Crippen molar-refractivity contribution >= 4 is 17.2 Å². The van der Waals surface area contributed by atoms with Crippen LogP contribution < -0.4 is 4.90 Å². The number of benzene rings is 3. The molecule has 0 spiro atoms. The maximum Gasteiger partial charge on any atom is 0.219 e. The Morgan fingerprint density at radius 1 is 0.685 bits per heavy atom. The summed E-state index contributed by atoms with van der Waals surface area (Å²) in [6.07, 6.45) is 9.25. The first-order valence-electron chi connectivity index (χ1n) is 20.6. The molecule has 2 aliphatic heterocycles. The van der Waals surface area contributed by atoms with E-state index in [9.17, 15) is 0 Å². The number of nitrogens with zero attached hydrogens (tertiary/aromatic N) is 5. The Kier molecular flexibility index (Phi) is 12.3. The summed E-state index contributed by atoms with van der Waals surface area (Å²) in [5.41, 5.74) is 5.27. The van der Waals surface area contributed by atoms with Crippen LogP contribution >= 0.6 is 11.3 Å². The van der Waals surface area contributed by atoms with E-state index >= 15 is 0 Å². The first-order valence-corrected chi connectivity index (χ1v) is 21.5. The van der Waals surface area contributed by atoms with Crippen molar-refractivity contribution in [3.63, 3.8) is 0 Å². The summed E-state index contributed by atoms with van der Waals surface area (Å²) in [6, 6.07) is 38.1. The highest BCUT2D eigenvalue weighted by molar-refractivity contribution is 7.10.